The van der Waals surface area contributed by atoms with Crippen molar-refractivity contribution in [2.75, 3.05) is 30.9 Å². The van der Waals surface area contributed by atoms with Crippen molar-refractivity contribution in [3.05, 3.63) is 72.1 Å². The second-order valence-corrected chi connectivity index (χ2v) is 5.83. The van der Waals surface area contributed by atoms with Gasteiger partial charge in [-0.2, -0.15) is 5.26 Å². The Morgan fingerprint density at radius 3 is 2.62 bits per heavy atom. The van der Waals surface area contributed by atoms with Crippen molar-refractivity contribution in [3.63, 3.8) is 0 Å². The molecule has 0 fully saturated rings. The fourth-order valence-electron chi connectivity index (χ4n) is 2.45. The van der Waals surface area contributed by atoms with Gasteiger partial charge in [-0.05, 0) is 42.5 Å². The first kappa shape index (κ1) is 19.6. The average Bonchev–Trinajstić information content (AvgIpc) is 2.77. The van der Waals surface area contributed by atoms with E-state index in [1.807, 2.05) is 30.3 Å². The highest BCUT2D eigenvalue weighted by Crippen LogP contribution is 2.17. The van der Waals surface area contributed by atoms with Crippen LogP contribution in [0.3, 0.4) is 0 Å². The van der Waals surface area contributed by atoms with E-state index in [-0.39, 0.29) is 5.69 Å². The number of hydrogen-bond donors (Lipinski definition) is 2. The van der Waals surface area contributed by atoms with Gasteiger partial charge in [0.15, 0.2) is 0 Å². The van der Waals surface area contributed by atoms with Crippen molar-refractivity contribution >= 4 is 17.5 Å². The van der Waals surface area contributed by atoms with Gasteiger partial charge in [-0.1, -0.05) is 12.1 Å². The second kappa shape index (κ2) is 9.71. The van der Waals surface area contributed by atoms with Crippen LogP contribution in [0.2, 0.25) is 0 Å². The van der Waals surface area contributed by atoms with Gasteiger partial charge in [0.1, 0.15) is 29.9 Å². The summed E-state index contributed by atoms with van der Waals surface area (Å²) >= 11 is 0. The molecule has 146 valence electrons. The van der Waals surface area contributed by atoms with E-state index < -0.39 is 5.91 Å². The maximum absolute atomic E-state index is 12.4. The summed E-state index contributed by atoms with van der Waals surface area (Å²) in [6.45, 7) is 0.843. The molecule has 0 unspecified atom stereocenters. The number of nitriles is 1. The van der Waals surface area contributed by atoms with Gasteiger partial charge in [-0.3, -0.25) is 4.79 Å². The number of benzene rings is 2. The van der Waals surface area contributed by atoms with E-state index in [4.69, 9.17) is 14.7 Å². The van der Waals surface area contributed by atoms with Gasteiger partial charge in [-0.25, -0.2) is 9.97 Å². The van der Waals surface area contributed by atoms with E-state index in [2.05, 4.69) is 20.6 Å². The minimum Gasteiger partial charge on any atom is -0.497 e. The quantitative estimate of drug-likeness (QED) is 0.570. The topological polar surface area (TPSA) is 109 Å². The maximum atomic E-state index is 12.4. The number of amides is 1. The van der Waals surface area contributed by atoms with E-state index >= 15 is 0 Å². The Morgan fingerprint density at radius 2 is 1.86 bits per heavy atom. The molecule has 29 heavy (non-hydrogen) atoms. The fraction of sp³-hybridized carbons (Fsp3) is 0.143. The predicted molar refractivity (Wildman–Crippen MR) is 108 cm³/mol. The molecule has 1 aromatic heterocycles. The Morgan fingerprint density at radius 1 is 1.10 bits per heavy atom. The van der Waals surface area contributed by atoms with Crippen LogP contribution in [0.25, 0.3) is 0 Å². The molecular weight excluding hydrogens is 370 g/mol. The van der Waals surface area contributed by atoms with Gasteiger partial charge in [0, 0.05) is 6.20 Å². The van der Waals surface area contributed by atoms with Gasteiger partial charge in [0.2, 0.25) is 5.95 Å². The minimum absolute atomic E-state index is 0.186. The molecule has 8 nitrogen and oxygen atoms in total. The lowest BCUT2D eigenvalue weighted by molar-refractivity contribution is 0.102. The molecule has 2 aromatic carbocycles. The molecule has 0 bridgehead atoms. The Labute approximate surface area is 168 Å². The number of carbonyl (C=O) groups excluding carboxylic acids is 1. The molecule has 0 aliphatic heterocycles. The SMILES string of the molecule is COc1ccc(OCCNc2nccc(C(=O)Nc3ccccc3C#N)n2)cc1. The second-order valence-electron chi connectivity index (χ2n) is 5.83. The first-order chi connectivity index (χ1) is 14.2. The summed E-state index contributed by atoms with van der Waals surface area (Å²) in [5.74, 6) is 1.37. The van der Waals surface area contributed by atoms with Crippen LogP contribution >= 0.6 is 0 Å². The highest BCUT2D eigenvalue weighted by Gasteiger charge is 2.11. The molecule has 1 amide bonds. The van der Waals surface area contributed by atoms with Crippen LogP contribution in [0, 0.1) is 11.3 Å². The molecule has 0 spiro atoms. The third-order valence-corrected chi connectivity index (χ3v) is 3.90. The molecule has 0 aliphatic rings. The normalized spacial score (nSPS) is 9.93. The van der Waals surface area contributed by atoms with Crippen molar-refractivity contribution in [3.8, 4) is 17.6 Å². The summed E-state index contributed by atoms with van der Waals surface area (Å²) in [5, 5.41) is 14.8. The molecule has 0 radical (unpaired) electrons. The number of carbonyl (C=O) groups is 1. The number of para-hydroxylation sites is 1. The van der Waals surface area contributed by atoms with Crippen molar-refractivity contribution in [1.82, 2.24) is 9.97 Å². The van der Waals surface area contributed by atoms with Crippen LogP contribution in [0.5, 0.6) is 11.5 Å². The first-order valence-corrected chi connectivity index (χ1v) is 8.84. The standard InChI is InChI=1S/C21H19N5O3/c1-28-16-6-8-17(9-7-16)29-13-12-24-21-23-11-10-19(26-21)20(27)25-18-5-3-2-4-15(18)14-22/h2-11H,12-13H2,1H3,(H,25,27)(H,23,24,26). The predicted octanol–water partition coefficient (Wildman–Crippen LogP) is 3.10. The third-order valence-electron chi connectivity index (χ3n) is 3.90. The average molecular weight is 389 g/mol. The van der Waals surface area contributed by atoms with Gasteiger partial charge in [0.25, 0.3) is 5.91 Å². The number of anilines is 2. The lowest BCUT2D eigenvalue weighted by Gasteiger charge is -2.09. The molecule has 8 heteroatoms. The van der Waals surface area contributed by atoms with E-state index in [0.717, 1.165) is 11.5 Å². The zero-order valence-electron chi connectivity index (χ0n) is 15.8. The molecule has 0 atom stereocenters. The molecule has 3 aromatic rings. The number of ether oxygens (including phenoxy) is 2. The summed E-state index contributed by atoms with van der Waals surface area (Å²) < 4.78 is 10.7. The summed E-state index contributed by atoms with van der Waals surface area (Å²) in [7, 11) is 1.61. The van der Waals surface area contributed by atoms with Crippen LogP contribution in [0.1, 0.15) is 16.1 Å². The van der Waals surface area contributed by atoms with E-state index in [1.54, 1.807) is 31.4 Å². The Bertz CT molecular complexity index is 1020. The highest BCUT2D eigenvalue weighted by atomic mass is 16.5. The zero-order chi connectivity index (χ0) is 20.5. The molecule has 0 saturated heterocycles. The number of nitrogens with zero attached hydrogens (tertiary/aromatic N) is 3. The van der Waals surface area contributed by atoms with E-state index in [0.29, 0.717) is 30.4 Å². The summed E-state index contributed by atoms with van der Waals surface area (Å²) in [6, 6.07) is 17.6. The van der Waals surface area contributed by atoms with Gasteiger partial charge < -0.3 is 20.1 Å². The number of nitrogens with one attached hydrogen (secondary N) is 2. The number of rotatable bonds is 8. The van der Waals surface area contributed by atoms with E-state index in [9.17, 15) is 4.79 Å². The van der Waals surface area contributed by atoms with Gasteiger partial charge in [0.05, 0.1) is 24.9 Å². The number of hydrogen-bond acceptors (Lipinski definition) is 7. The Kier molecular flexibility index (Phi) is 6.58. The molecule has 2 N–H and O–H groups in total. The lowest BCUT2D eigenvalue weighted by atomic mass is 10.2. The van der Waals surface area contributed by atoms with E-state index in [1.165, 1.54) is 12.3 Å². The lowest BCUT2D eigenvalue weighted by Crippen LogP contribution is -2.17. The monoisotopic (exact) mass is 389 g/mol. The van der Waals surface area contributed by atoms with Gasteiger partial charge >= 0.3 is 0 Å². The highest BCUT2D eigenvalue weighted by molar-refractivity contribution is 6.03. The summed E-state index contributed by atoms with van der Waals surface area (Å²) in [5.41, 5.74) is 0.997. The molecule has 0 aliphatic carbocycles. The number of aromatic nitrogens is 2. The minimum atomic E-state index is -0.423. The van der Waals surface area contributed by atoms with Crippen molar-refractivity contribution < 1.29 is 14.3 Å². The third kappa shape index (κ3) is 5.43. The Hall–Kier alpha value is -4.12. The van der Waals surface area contributed by atoms with Crippen LogP contribution in [0.15, 0.2) is 60.8 Å². The molecule has 0 saturated carbocycles. The smallest absolute Gasteiger partial charge is 0.274 e. The summed E-state index contributed by atoms with van der Waals surface area (Å²) in [6.07, 6.45) is 1.49. The largest absolute Gasteiger partial charge is 0.497 e. The molecule has 1 heterocycles. The zero-order valence-corrected chi connectivity index (χ0v) is 15.8. The Balaban J connectivity index is 1.53. The van der Waals surface area contributed by atoms with Crippen LogP contribution in [0.4, 0.5) is 11.6 Å². The van der Waals surface area contributed by atoms with Crippen LogP contribution in [-0.4, -0.2) is 36.1 Å². The van der Waals surface area contributed by atoms with Crippen molar-refractivity contribution in [2.24, 2.45) is 0 Å². The summed E-state index contributed by atoms with van der Waals surface area (Å²) in [4.78, 5) is 20.7. The van der Waals surface area contributed by atoms with Crippen LogP contribution in [-0.2, 0) is 0 Å². The maximum Gasteiger partial charge on any atom is 0.274 e. The van der Waals surface area contributed by atoms with Gasteiger partial charge in [-0.15, -0.1) is 0 Å². The number of methoxy groups -OCH3 is 1. The molecular formula is C21H19N5O3. The fourth-order valence-corrected chi connectivity index (χ4v) is 2.45. The molecule has 3 rings (SSSR count). The van der Waals surface area contributed by atoms with Crippen molar-refractivity contribution in [2.45, 2.75) is 0 Å². The first-order valence-electron chi connectivity index (χ1n) is 8.84. The van der Waals surface area contributed by atoms with Crippen LogP contribution < -0.4 is 20.1 Å². The van der Waals surface area contributed by atoms with Crippen molar-refractivity contribution in [1.29, 1.82) is 5.26 Å².